The zero-order valence-electron chi connectivity index (χ0n) is 15.4. The Hall–Kier alpha value is -3.51. The molecule has 0 spiro atoms. The van der Waals surface area contributed by atoms with Crippen molar-refractivity contribution in [2.45, 2.75) is 13.0 Å². The zero-order chi connectivity index (χ0) is 20.5. The van der Waals surface area contributed by atoms with Gasteiger partial charge < -0.3 is 5.11 Å². The fourth-order valence-electron chi connectivity index (χ4n) is 3.28. The van der Waals surface area contributed by atoms with Crippen molar-refractivity contribution in [1.29, 1.82) is 0 Å². The van der Waals surface area contributed by atoms with E-state index in [0.29, 0.717) is 16.1 Å². The van der Waals surface area contributed by atoms with E-state index in [-0.39, 0.29) is 17.3 Å². The van der Waals surface area contributed by atoms with E-state index in [2.05, 4.69) is 9.97 Å². The van der Waals surface area contributed by atoms with Crippen LogP contribution in [-0.4, -0.2) is 26.8 Å². The van der Waals surface area contributed by atoms with Crippen LogP contribution in [-0.2, 0) is 9.59 Å². The third-order valence-electron chi connectivity index (χ3n) is 4.72. The minimum Gasteiger partial charge on any atom is -0.507 e. The monoisotopic (exact) mass is 405 g/mol. The molecule has 6 nitrogen and oxygen atoms in total. The second-order valence-electron chi connectivity index (χ2n) is 6.64. The third-order valence-corrected chi connectivity index (χ3v) is 4.97. The molecule has 1 fully saturated rings. The lowest BCUT2D eigenvalue weighted by Crippen LogP contribution is -2.31. The Morgan fingerprint density at radius 1 is 1.00 bits per heavy atom. The molecule has 0 aliphatic carbocycles. The summed E-state index contributed by atoms with van der Waals surface area (Å²) in [6.07, 6.45) is 2.99. The SMILES string of the molecule is Cc1ccc(C2/C(=C(/O)c3ccc(Cl)cc3)C(=O)C(=O)N2c2ncccn2)cc1. The van der Waals surface area contributed by atoms with Gasteiger partial charge >= 0.3 is 5.91 Å². The van der Waals surface area contributed by atoms with Crippen molar-refractivity contribution >= 4 is 35.0 Å². The number of hydrogen-bond acceptors (Lipinski definition) is 5. The summed E-state index contributed by atoms with van der Waals surface area (Å²) in [5.74, 6) is -1.77. The largest absolute Gasteiger partial charge is 0.507 e. The first-order valence-electron chi connectivity index (χ1n) is 8.88. The molecule has 0 bridgehead atoms. The van der Waals surface area contributed by atoms with Crippen LogP contribution in [0, 0.1) is 6.92 Å². The molecule has 1 N–H and O–H groups in total. The first-order chi connectivity index (χ1) is 14.0. The van der Waals surface area contributed by atoms with Crippen LogP contribution in [0.2, 0.25) is 5.02 Å². The Labute approximate surface area is 172 Å². The van der Waals surface area contributed by atoms with Crippen LogP contribution in [0.3, 0.4) is 0 Å². The van der Waals surface area contributed by atoms with Crippen molar-refractivity contribution in [3.8, 4) is 0 Å². The van der Waals surface area contributed by atoms with Crippen molar-refractivity contribution in [3.63, 3.8) is 0 Å². The molecular weight excluding hydrogens is 390 g/mol. The Bertz CT molecular complexity index is 1110. The van der Waals surface area contributed by atoms with E-state index in [1.165, 1.54) is 17.3 Å². The number of ketones is 1. The van der Waals surface area contributed by atoms with Gasteiger partial charge in [0.05, 0.1) is 11.6 Å². The molecule has 4 rings (SSSR count). The fourth-order valence-corrected chi connectivity index (χ4v) is 3.41. The summed E-state index contributed by atoms with van der Waals surface area (Å²) in [4.78, 5) is 35.3. The normalized spacial score (nSPS) is 18.3. The Balaban J connectivity index is 1.94. The van der Waals surface area contributed by atoms with Gasteiger partial charge in [-0.2, -0.15) is 0 Å². The molecular formula is C22H16ClN3O3. The van der Waals surface area contributed by atoms with Gasteiger partial charge in [0.25, 0.3) is 5.78 Å². The summed E-state index contributed by atoms with van der Waals surface area (Å²) in [5.41, 5.74) is 2.06. The Morgan fingerprint density at radius 3 is 2.24 bits per heavy atom. The average molecular weight is 406 g/mol. The summed E-state index contributed by atoms with van der Waals surface area (Å²) in [5, 5.41) is 11.4. The number of hydrogen-bond donors (Lipinski definition) is 1. The Morgan fingerprint density at radius 2 is 1.62 bits per heavy atom. The highest BCUT2D eigenvalue weighted by atomic mass is 35.5. The maximum atomic E-state index is 12.9. The minimum absolute atomic E-state index is 0.0198. The van der Waals surface area contributed by atoms with Crippen LogP contribution in [0.4, 0.5) is 5.95 Å². The van der Waals surface area contributed by atoms with Gasteiger partial charge in [0.2, 0.25) is 5.95 Å². The number of carbonyl (C=O) groups excluding carboxylic acids is 2. The lowest BCUT2D eigenvalue weighted by molar-refractivity contribution is -0.132. The van der Waals surface area contributed by atoms with Crippen LogP contribution >= 0.6 is 11.6 Å². The van der Waals surface area contributed by atoms with Gasteiger partial charge in [-0.15, -0.1) is 0 Å². The summed E-state index contributed by atoms with van der Waals surface area (Å²) in [7, 11) is 0. The molecule has 2 heterocycles. The third kappa shape index (κ3) is 3.39. The number of amides is 1. The lowest BCUT2D eigenvalue weighted by Gasteiger charge is -2.23. The van der Waals surface area contributed by atoms with Gasteiger partial charge in [0.15, 0.2) is 0 Å². The molecule has 1 saturated heterocycles. The van der Waals surface area contributed by atoms with Crippen LogP contribution in [0.25, 0.3) is 5.76 Å². The molecule has 1 aliphatic heterocycles. The average Bonchev–Trinajstić information content (AvgIpc) is 3.00. The van der Waals surface area contributed by atoms with E-state index >= 15 is 0 Å². The molecule has 3 aromatic rings. The predicted octanol–water partition coefficient (Wildman–Crippen LogP) is 4.06. The molecule has 0 saturated carbocycles. The lowest BCUT2D eigenvalue weighted by atomic mass is 9.95. The van der Waals surface area contributed by atoms with Crippen molar-refractivity contribution in [1.82, 2.24) is 9.97 Å². The fraction of sp³-hybridized carbons (Fsp3) is 0.0909. The van der Waals surface area contributed by atoms with Gasteiger partial charge in [-0.1, -0.05) is 41.4 Å². The molecule has 1 aromatic heterocycles. The number of Topliss-reactive ketones (excluding diaryl/α,β-unsaturated/α-hetero) is 1. The molecule has 1 aliphatic rings. The molecule has 1 amide bonds. The Kier molecular flexibility index (Phi) is 4.86. The molecule has 1 unspecified atom stereocenters. The molecule has 29 heavy (non-hydrogen) atoms. The number of benzene rings is 2. The van der Waals surface area contributed by atoms with Gasteiger partial charge in [-0.3, -0.25) is 14.5 Å². The number of aliphatic hydroxyl groups excluding tert-OH is 1. The second kappa shape index (κ2) is 7.48. The number of anilines is 1. The van der Waals surface area contributed by atoms with Crippen LogP contribution in [0.5, 0.6) is 0 Å². The van der Waals surface area contributed by atoms with Gasteiger partial charge in [-0.05, 0) is 42.8 Å². The quantitative estimate of drug-likeness (QED) is 0.403. The number of aromatic nitrogens is 2. The summed E-state index contributed by atoms with van der Waals surface area (Å²) in [6.45, 7) is 1.94. The summed E-state index contributed by atoms with van der Waals surface area (Å²) < 4.78 is 0. The maximum absolute atomic E-state index is 12.9. The van der Waals surface area contributed by atoms with E-state index in [9.17, 15) is 14.7 Å². The number of carbonyl (C=O) groups is 2. The highest BCUT2D eigenvalue weighted by Gasteiger charge is 2.48. The van der Waals surface area contributed by atoms with Crippen molar-refractivity contribution in [2.75, 3.05) is 4.90 Å². The standard InChI is InChI=1S/C22H16ClN3O3/c1-13-3-5-14(6-4-13)18-17(19(27)15-7-9-16(23)10-8-15)20(28)21(29)26(18)22-24-11-2-12-25-22/h2-12,18,27H,1H3/b19-17-. The number of rotatable bonds is 3. The summed E-state index contributed by atoms with van der Waals surface area (Å²) in [6, 6.07) is 14.6. The van der Waals surface area contributed by atoms with E-state index in [1.807, 2.05) is 31.2 Å². The number of aryl methyl sites for hydroxylation is 1. The molecule has 2 aromatic carbocycles. The smallest absolute Gasteiger partial charge is 0.302 e. The van der Waals surface area contributed by atoms with Crippen LogP contribution < -0.4 is 4.90 Å². The van der Waals surface area contributed by atoms with Crippen LogP contribution in [0.15, 0.2) is 72.6 Å². The molecule has 144 valence electrons. The topological polar surface area (TPSA) is 83.4 Å². The maximum Gasteiger partial charge on any atom is 0.302 e. The highest BCUT2D eigenvalue weighted by Crippen LogP contribution is 2.41. The van der Waals surface area contributed by atoms with E-state index < -0.39 is 17.7 Å². The molecule has 0 radical (unpaired) electrons. The minimum atomic E-state index is -0.853. The van der Waals surface area contributed by atoms with E-state index in [0.717, 1.165) is 5.56 Å². The van der Waals surface area contributed by atoms with Crippen molar-refractivity contribution < 1.29 is 14.7 Å². The van der Waals surface area contributed by atoms with E-state index in [1.54, 1.807) is 30.3 Å². The summed E-state index contributed by atoms with van der Waals surface area (Å²) >= 11 is 5.93. The van der Waals surface area contributed by atoms with Crippen LogP contribution in [0.1, 0.15) is 22.7 Å². The number of nitrogens with zero attached hydrogens (tertiary/aromatic N) is 3. The predicted molar refractivity (Wildman–Crippen MR) is 109 cm³/mol. The first-order valence-corrected chi connectivity index (χ1v) is 9.25. The second-order valence-corrected chi connectivity index (χ2v) is 7.07. The van der Waals surface area contributed by atoms with Gasteiger partial charge in [0.1, 0.15) is 5.76 Å². The van der Waals surface area contributed by atoms with Crippen molar-refractivity contribution in [2.24, 2.45) is 0 Å². The van der Waals surface area contributed by atoms with E-state index in [4.69, 9.17) is 11.6 Å². The molecule has 7 heteroatoms. The van der Waals surface area contributed by atoms with Crippen molar-refractivity contribution in [3.05, 3.63) is 94.3 Å². The number of aliphatic hydroxyl groups is 1. The molecule has 1 atom stereocenters. The number of halogens is 1. The zero-order valence-corrected chi connectivity index (χ0v) is 16.2. The highest BCUT2D eigenvalue weighted by molar-refractivity contribution is 6.51. The first kappa shape index (κ1) is 18.8. The van der Waals surface area contributed by atoms with Gasteiger partial charge in [-0.25, -0.2) is 9.97 Å². The van der Waals surface area contributed by atoms with Gasteiger partial charge in [0, 0.05) is 23.0 Å².